The molecule has 0 atom stereocenters. The highest BCUT2D eigenvalue weighted by Crippen LogP contribution is 2.43. The minimum atomic E-state index is 0.736. The molecule has 1 heterocycles. The van der Waals surface area contributed by atoms with Gasteiger partial charge in [-0.05, 0) is 62.5 Å². The Morgan fingerprint density at radius 3 is 2.72 bits per heavy atom. The molecule has 18 heavy (non-hydrogen) atoms. The zero-order valence-corrected chi connectivity index (χ0v) is 11.2. The van der Waals surface area contributed by atoms with Gasteiger partial charge in [0.25, 0.3) is 0 Å². The average Bonchev–Trinajstić information content (AvgIpc) is 3.17. The largest absolute Gasteiger partial charge is 0.398 e. The maximum atomic E-state index is 6.09. The molecule has 1 aliphatic heterocycles. The first kappa shape index (κ1) is 11.8. The van der Waals surface area contributed by atoms with Crippen molar-refractivity contribution in [2.45, 2.75) is 25.2 Å². The van der Waals surface area contributed by atoms with E-state index in [1.54, 1.807) is 0 Å². The van der Waals surface area contributed by atoms with Gasteiger partial charge in [-0.2, -0.15) is 0 Å². The third kappa shape index (κ3) is 2.46. The van der Waals surface area contributed by atoms with Crippen LogP contribution < -0.4 is 10.6 Å². The fourth-order valence-electron chi connectivity index (χ4n) is 2.81. The Balaban J connectivity index is 1.80. The predicted molar refractivity (Wildman–Crippen MR) is 77.2 cm³/mol. The highest BCUT2D eigenvalue weighted by Gasteiger charge is 2.26. The fourth-order valence-corrected chi connectivity index (χ4v) is 2.81. The van der Waals surface area contributed by atoms with Crippen LogP contribution in [0.5, 0.6) is 0 Å². The van der Waals surface area contributed by atoms with Gasteiger partial charge < -0.3 is 15.5 Å². The van der Waals surface area contributed by atoms with Crippen LogP contribution in [0.4, 0.5) is 11.4 Å². The molecule has 2 fully saturated rings. The van der Waals surface area contributed by atoms with Crippen LogP contribution in [0.1, 0.15) is 30.7 Å². The van der Waals surface area contributed by atoms with E-state index in [4.69, 9.17) is 5.73 Å². The minimum Gasteiger partial charge on any atom is -0.398 e. The van der Waals surface area contributed by atoms with E-state index in [1.165, 1.54) is 43.6 Å². The Kier molecular flexibility index (Phi) is 3.16. The predicted octanol–water partition coefficient (Wildman–Crippen LogP) is 2.29. The van der Waals surface area contributed by atoms with Crippen molar-refractivity contribution in [2.75, 3.05) is 43.9 Å². The quantitative estimate of drug-likeness (QED) is 0.811. The van der Waals surface area contributed by atoms with Gasteiger partial charge in [0.1, 0.15) is 0 Å². The Bertz CT molecular complexity index is 426. The van der Waals surface area contributed by atoms with Gasteiger partial charge in [0.05, 0.1) is 0 Å². The summed E-state index contributed by atoms with van der Waals surface area (Å²) < 4.78 is 0. The van der Waals surface area contributed by atoms with Crippen molar-refractivity contribution in [2.24, 2.45) is 0 Å². The van der Waals surface area contributed by atoms with Gasteiger partial charge in [-0.25, -0.2) is 0 Å². The SMILES string of the molecule is CN1CCCN(c2ccc(N)c(C3CC3)c2)CC1. The lowest BCUT2D eigenvalue weighted by molar-refractivity contribution is 0.360. The van der Waals surface area contributed by atoms with Crippen LogP contribution in [0.25, 0.3) is 0 Å². The minimum absolute atomic E-state index is 0.736. The van der Waals surface area contributed by atoms with Gasteiger partial charge >= 0.3 is 0 Å². The monoisotopic (exact) mass is 245 g/mol. The second-order valence-electron chi connectivity index (χ2n) is 5.73. The van der Waals surface area contributed by atoms with Gasteiger partial charge in [0.2, 0.25) is 0 Å². The summed E-state index contributed by atoms with van der Waals surface area (Å²) in [7, 11) is 2.21. The topological polar surface area (TPSA) is 32.5 Å². The number of rotatable bonds is 2. The molecule has 0 unspecified atom stereocenters. The highest BCUT2D eigenvalue weighted by molar-refractivity contribution is 5.60. The van der Waals surface area contributed by atoms with Crippen LogP contribution in [0.2, 0.25) is 0 Å². The standard InChI is InChI=1S/C15H23N3/c1-17-7-2-8-18(10-9-17)13-5-6-15(16)14(11-13)12-3-4-12/h5-6,11-12H,2-4,7-10,16H2,1H3. The summed E-state index contributed by atoms with van der Waals surface area (Å²) in [5.41, 5.74) is 9.81. The van der Waals surface area contributed by atoms with E-state index in [0.717, 1.165) is 24.7 Å². The van der Waals surface area contributed by atoms with Crippen LogP contribution >= 0.6 is 0 Å². The summed E-state index contributed by atoms with van der Waals surface area (Å²) in [5.74, 6) is 0.736. The first-order valence-corrected chi connectivity index (χ1v) is 7.07. The number of hydrogen-bond acceptors (Lipinski definition) is 3. The molecule has 0 aromatic heterocycles. The summed E-state index contributed by atoms with van der Waals surface area (Å²) >= 11 is 0. The van der Waals surface area contributed by atoms with E-state index < -0.39 is 0 Å². The first-order chi connectivity index (χ1) is 8.74. The molecule has 0 bridgehead atoms. The van der Waals surface area contributed by atoms with Crippen LogP contribution in [0.15, 0.2) is 18.2 Å². The van der Waals surface area contributed by atoms with E-state index in [2.05, 4.69) is 35.0 Å². The number of benzene rings is 1. The summed E-state index contributed by atoms with van der Waals surface area (Å²) in [6.07, 6.45) is 3.88. The van der Waals surface area contributed by atoms with Gasteiger partial charge in [-0.1, -0.05) is 0 Å². The Labute approximate surface area is 110 Å². The number of anilines is 2. The molecule has 1 aliphatic carbocycles. The number of nitrogens with zero attached hydrogens (tertiary/aromatic N) is 2. The first-order valence-electron chi connectivity index (χ1n) is 7.07. The smallest absolute Gasteiger partial charge is 0.0371 e. The van der Waals surface area contributed by atoms with E-state index in [9.17, 15) is 0 Å². The average molecular weight is 245 g/mol. The van der Waals surface area contributed by atoms with Crippen LogP contribution in [-0.4, -0.2) is 38.1 Å². The fraction of sp³-hybridized carbons (Fsp3) is 0.600. The molecule has 3 nitrogen and oxygen atoms in total. The molecule has 2 aliphatic rings. The maximum absolute atomic E-state index is 6.09. The normalized spacial score (nSPS) is 21.9. The van der Waals surface area contributed by atoms with Gasteiger partial charge in [-0.3, -0.25) is 0 Å². The summed E-state index contributed by atoms with van der Waals surface area (Å²) in [6, 6.07) is 6.61. The van der Waals surface area contributed by atoms with Crippen molar-refractivity contribution < 1.29 is 0 Å². The van der Waals surface area contributed by atoms with Crippen molar-refractivity contribution in [1.82, 2.24) is 4.90 Å². The Morgan fingerprint density at radius 2 is 1.94 bits per heavy atom. The highest BCUT2D eigenvalue weighted by atomic mass is 15.2. The van der Waals surface area contributed by atoms with Crippen LogP contribution in [0.3, 0.4) is 0 Å². The second-order valence-corrected chi connectivity index (χ2v) is 5.73. The molecule has 3 rings (SSSR count). The van der Waals surface area contributed by atoms with E-state index in [0.29, 0.717) is 0 Å². The zero-order valence-electron chi connectivity index (χ0n) is 11.2. The lowest BCUT2D eigenvalue weighted by atomic mass is 10.1. The van der Waals surface area contributed by atoms with Crippen molar-refractivity contribution >= 4 is 11.4 Å². The molecule has 0 radical (unpaired) electrons. The molecule has 1 saturated carbocycles. The number of likely N-dealkylation sites (N-methyl/N-ethyl adjacent to an activating group) is 1. The zero-order chi connectivity index (χ0) is 12.5. The van der Waals surface area contributed by atoms with E-state index in [-0.39, 0.29) is 0 Å². The van der Waals surface area contributed by atoms with Crippen molar-refractivity contribution in [3.8, 4) is 0 Å². The lowest BCUT2D eigenvalue weighted by Gasteiger charge is -2.24. The lowest BCUT2D eigenvalue weighted by Crippen LogP contribution is -2.28. The maximum Gasteiger partial charge on any atom is 0.0371 e. The molecule has 0 amide bonds. The van der Waals surface area contributed by atoms with Gasteiger partial charge in [-0.15, -0.1) is 0 Å². The number of nitrogens with two attached hydrogens (primary N) is 1. The second kappa shape index (κ2) is 4.81. The number of hydrogen-bond donors (Lipinski definition) is 1. The Morgan fingerprint density at radius 1 is 1.11 bits per heavy atom. The molecule has 1 aromatic rings. The van der Waals surface area contributed by atoms with Gasteiger partial charge in [0, 0.05) is 31.0 Å². The van der Waals surface area contributed by atoms with E-state index in [1.807, 2.05) is 0 Å². The molecular weight excluding hydrogens is 222 g/mol. The molecule has 2 N–H and O–H groups in total. The molecule has 1 saturated heterocycles. The molecule has 3 heteroatoms. The third-order valence-corrected chi connectivity index (χ3v) is 4.17. The summed E-state index contributed by atoms with van der Waals surface area (Å²) in [4.78, 5) is 4.92. The summed E-state index contributed by atoms with van der Waals surface area (Å²) in [6.45, 7) is 4.66. The summed E-state index contributed by atoms with van der Waals surface area (Å²) in [5, 5.41) is 0. The van der Waals surface area contributed by atoms with Crippen LogP contribution in [0, 0.1) is 0 Å². The molecule has 0 spiro atoms. The third-order valence-electron chi connectivity index (χ3n) is 4.17. The Hall–Kier alpha value is -1.22. The molecular formula is C15H23N3. The van der Waals surface area contributed by atoms with Crippen molar-refractivity contribution in [3.05, 3.63) is 23.8 Å². The number of nitrogen functional groups attached to an aromatic ring is 1. The van der Waals surface area contributed by atoms with Crippen molar-refractivity contribution in [3.63, 3.8) is 0 Å². The van der Waals surface area contributed by atoms with E-state index >= 15 is 0 Å². The van der Waals surface area contributed by atoms with Crippen molar-refractivity contribution in [1.29, 1.82) is 0 Å². The molecule has 1 aromatic carbocycles. The molecule has 98 valence electrons. The van der Waals surface area contributed by atoms with Gasteiger partial charge in [0.15, 0.2) is 0 Å². The van der Waals surface area contributed by atoms with Crippen LogP contribution in [-0.2, 0) is 0 Å².